The fraction of sp³-hybridized carbons (Fsp3) is 0.130. The fourth-order valence-corrected chi connectivity index (χ4v) is 7.91. The monoisotopic (exact) mass is 366 g/mol. The van der Waals surface area contributed by atoms with Crippen molar-refractivity contribution >= 4 is 23.2 Å². The molecule has 0 atom stereocenters. The molecule has 0 amide bonds. The Labute approximate surface area is 155 Å². The summed E-state index contributed by atoms with van der Waals surface area (Å²) in [5.41, 5.74) is 0. The van der Waals surface area contributed by atoms with Gasteiger partial charge in [0.25, 0.3) is 0 Å². The van der Waals surface area contributed by atoms with E-state index in [0.717, 1.165) is 6.16 Å². The van der Waals surface area contributed by atoms with Gasteiger partial charge in [0.2, 0.25) is 0 Å². The fourth-order valence-electron chi connectivity index (χ4n) is 3.51. The summed E-state index contributed by atoms with van der Waals surface area (Å²) in [6.45, 7) is 3.66. The molecule has 3 rings (SSSR count). The van der Waals surface area contributed by atoms with Gasteiger partial charge in [-0.25, -0.2) is 0 Å². The van der Waals surface area contributed by atoms with Crippen LogP contribution >= 0.6 is 7.26 Å². The van der Waals surface area contributed by atoms with Gasteiger partial charge >= 0.3 is 155 Å². The van der Waals surface area contributed by atoms with Gasteiger partial charge in [0.15, 0.2) is 0 Å². The summed E-state index contributed by atoms with van der Waals surface area (Å²) >= 11 is 0. The summed E-state index contributed by atoms with van der Waals surface area (Å²) in [4.78, 5) is 0. The van der Waals surface area contributed by atoms with Crippen LogP contribution in [0.5, 0.6) is 5.75 Å². The molecule has 0 N–H and O–H groups in total. The van der Waals surface area contributed by atoms with Crippen LogP contribution < -0.4 is 20.7 Å². The Kier molecular flexibility index (Phi) is 6.20. The molecule has 3 heteroatoms. The van der Waals surface area contributed by atoms with Gasteiger partial charge in [-0.3, -0.25) is 0 Å². The van der Waals surface area contributed by atoms with Crippen molar-refractivity contribution in [2.75, 3.05) is 19.4 Å². The second kappa shape index (κ2) is 8.78. The normalized spacial score (nSPS) is 11.7. The summed E-state index contributed by atoms with van der Waals surface area (Å²) < 4.78 is 17.8. The summed E-state index contributed by atoms with van der Waals surface area (Å²) in [5.74, 6) is 0.703. The van der Waals surface area contributed by atoms with Gasteiger partial charge in [-0.05, 0) is 0 Å². The van der Waals surface area contributed by atoms with Crippen LogP contribution in [-0.2, 0) is 0 Å². The number of halogens is 1. The van der Waals surface area contributed by atoms with Gasteiger partial charge in [-0.1, -0.05) is 0 Å². The Balaban J connectivity index is 2.15. The van der Waals surface area contributed by atoms with E-state index in [-0.39, 0.29) is 6.61 Å². The van der Waals surface area contributed by atoms with Crippen LogP contribution in [0.1, 0.15) is 0 Å². The zero-order chi connectivity index (χ0) is 18.2. The van der Waals surface area contributed by atoms with Crippen molar-refractivity contribution in [2.24, 2.45) is 0 Å². The molecule has 0 heterocycles. The average Bonchev–Trinajstić information content (AvgIpc) is 2.72. The second-order valence-electron chi connectivity index (χ2n) is 6.19. The SMILES string of the molecule is C=CC[PH](c1ccccc1)(c1ccccc1)c1ccc(OCCF)cc1. The Bertz CT molecular complexity index is 776. The van der Waals surface area contributed by atoms with E-state index >= 15 is 0 Å². The Morgan fingerprint density at radius 2 is 1.27 bits per heavy atom. The molecule has 0 spiro atoms. The Morgan fingerprint density at radius 3 is 1.73 bits per heavy atom. The van der Waals surface area contributed by atoms with Crippen LogP contribution in [0.4, 0.5) is 4.39 Å². The minimum atomic E-state index is -2.23. The molecule has 0 aliphatic heterocycles. The number of benzene rings is 3. The van der Waals surface area contributed by atoms with Crippen LogP contribution in [-0.4, -0.2) is 19.4 Å². The van der Waals surface area contributed by atoms with Crippen molar-refractivity contribution in [2.45, 2.75) is 0 Å². The molecule has 0 aliphatic carbocycles. The van der Waals surface area contributed by atoms with Crippen LogP contribution in [0, 0.1) is 0 Å². The molecule has 0 saturated heterocycles. The first-order chi connectivity index (χ1) is 12.8. The van der Waals surface area contributed by atoms with Crippen LogP contribution in [0.15, 0.2) is 97.6 Å². The third-order valence-electron chi connectivity index (χ3n) is 4.68. The summed E-state index contributed by atoms with van der Waals surface area (Å²) in [7, 11) is -2.23. The van der Waals surface area contributed by atoms with Gasteiger partial charge in [-0.15, -0.1) is 0 Å². The quantitative estimate of drug-likeness (QED) is 0.428. The molecule has 26 heavy (non-hydrogen) atoms. The van der Waals surface area contributed by atoms with Crippen molar-refractivity contribution in [3.63, 3.8) is 0 Å². The van der Waals surface area contributed by atoms with Gasteiger partial charge in [0, 0.05) is 0 Å². The molecule has 134 valence electrons. The molecule has 0 fully saturated rings. The zero-order valence-corrected chi connectivity index (χ0v) is 15.8. The number of hydrogen-bond acceptors (Lipinski definition) is 1. The maximum absolute atomic E-state index is 12.4. The van der Waals surface area contributed by atoms with Crippen LogP contribution in [0.25, 0.3) is 0 Å². The summed E-state index contributed by atoms with van der Waals surface area (Å²) in [5, 5.41) is 3.99. The van der Waals surface area contributed by atoms with E-state index in [9.17, 15) is 4.39 Å². The van der Waals surface area contributed by atoms with Gasteiger partial charge < -0.3 is 0 Å². The van der Waals surface area contributed by atoms with Crippen molar-refractivity contribution in [1.29, 1.82) is 0 Å². The topological polar surface area (TPSA) is 9.23 Å². The predicted octanol–water partition coefficient (Wildman–Crippen LogP) is 4.25. The van der Waals surface area contributed by atoms with Gasteiger partial charge in [-0.2, -0.15) is 0 Å². The predicted molar refractivity (Wildman–Crippen MR) is 113 cm³/mol. The molecular formula is C23H24FOP. The number of ether oxygens (including phenoxy) is 1. The first-order valence-electron chi connectivity index (χ1n) is 8.82. The molecule has 1 nitrogen and oxygen atoms in total. The maximum atomic E-state index is 12.4. The molecule has 0 radical (unpaired) electrons. The molecule has 0 aliphatic rings. The number of rotatable bonds is 8. The summed E-state index contributed by atoms with van der Waals surface area (Å²) in [6, 6.07) is 29.5. The first kappa shape index (κ1) is 18.4. The van der Waals surface area contributed by atoms with Crippen LogP contribution in [0.2, 0.25) is 0 Å². The van der Waals surface area contributed by atoms with E-state index < -0.39 is 13.9 Å². The van der Waals surface area contributed by atoms with Crippen molar-refractivity contribution in [1.82, 2.24) is 0 Å². The Hall–Kier alpha value is -2.44. The molecule has 0 unspecified atom stereocenters. The van der Waals surface area contributed by atoms with Crippen molar-refractivity contribution in [3.8, 4) is 5.75 Å². The van der Waals surface area contributed by atoms with E-state index in [4.69, 9.17) is 4.74 Å². The molecule has 0 bridgehead atoms. The number of allylic oxidation sites excluding steroid dienone is 1. The molecule has 3 aromatic rings. The molecule has 0 aromatic heterocycles. The van der Waals surface area contributed by atoms with Crippen molar-refractivity contribution < 1.29 is 9.13 Å². The minimum absolute atomic E-state index is 0.0892. The number of alkyl halides is 1. The van der Waals surface area contributed by atoms with Gasteiger partial charge in [0.1, 0.15) is 0 Å². The van der Waals surface area contributed by atoms with Gasteiger partial charge in [0.05, 0.1) is 0 Å². The van der Waals surface area contributed by atoms with E-state index in [1.807, 2.05) is 18.2 Å². The number of hydrogen-bond donors (Lipinski definition) is 0. The van der Waals surface area contributed by atoms with E-state index in [1.165, 1.54) is 15.9 Å². The van der Waals surface area contributed by atoms with E-state index in [1.54, 1.807) is 0 Å². The summed E-state index contributed by atoms with van der Waals surface area (Å²) in [6.07, 6.45) is 2.94. The second-order valence-corrected chi connectivity index (χ2v) is 10.1. The van der Waals surface area contributed by atoms with Crippen LogP contribution in [0.3, 0.4) is 0 Å². The molecular weight excluding hydrogens is 342 g/mol. The zero-order valence-electron chi connectivity index (χ0n) is 14.8. The third-order valence-corrected chi connectivity index (χ3v) is 9.53. The first-order valence-corrected chi connectivity index (χ1v) is 11.0. The van der Waals surface area contributed by atoms with E-state index in [2.05, 4.69) is 79.4 Å². The third kappa shape index (κ3) is 3.71. The van der Waals surface area contributed by atoms with E-state index in [0.29, 0.717) is 5.75 Å². The molecule has 0 saturated carbocycles. The molecule has 3 aromatic carbocycles. The van der Waals surface area contributed by atoms with Crippen molar-refractivity contribution in [3.05, 3.63) is 97.6 Å². The standard InChI is InChI=1S/C23H24FOP/c1-2-19-26(21-9-5-3-6-10-21,22-11-7-4-8-12-22)23-15-13-20(14-16-23)25-18-17-24/h2-16,26H,1,17-19H2. The Morgan fingerprint density at radius 1 is 0.769 bits per heavy atom. The average molecular weight is 366 g/mol.